The summed E-state index contributed by atoms with van der Waals surface area (Å²) < 4.78 is 5.32. The lowest BCUT2D eigenvalue weighted by molar-refractivity contribution is 0.0535. The van der Waals surface area contributed by atoms with Crippen LogP contribution in [0.25, 0.3) is 0 Å². The molecule has 0 aromatic carbocycles. The fourth-order valence-corrected chi connectivity index (χ4v) is 2.14. The molecule has 0 rings (SSSR count). The van der Waals surface area contributed by atoms with Gasteiger partial charge in [0.15, 0.2) is 0 Å². The summed E-state index contributed by atoms with van der Waals surface area (Å²) in [5.41, 5.74) is 0.329. The molecular formula is C12H27NO. The molecule has 0 radical (unpaired) electrons. The number of hydrogen-bond acceptors (Lipinski definition) is 2. The predicted octanol–water partition coefficient (Wildman–Crippen LogP) is 2.78. The van der Waals surface area contributed by atoms with Crippen molar-refractivity contribution >= 4 is 0 Å². The summed E-state index contributed by atoms with van der Waals surface area (Å²) in [6, 6.07) is 0. The SMILES string of the molecule is CCCC(C)(COC)CN(CC)CC. The third kappa shape index (κ3) is 4.97. The van der Waals surface area contributed by atoms with Crippen molar-refractivity contribution in [1.82, 2.24) is 4.90 Å². The topological polar surface area (TPSA) is 12.5 Å². The molecule has 0 aromatic heterocycles. The van der Waals surface area contributed by atoms with E-state index in [0.717, 1.165) is 26.2 Å². The molecule has 0 bridgehead atoms. The van der Waals surface area contributed by atoms with Crippen LogP contribution < -0.4 is 0 Å². The van der Waals surface area contributed by atoms with Gasteiger partial charge in [0.05, 0.1) is 6.61 Å². The van der Waals surface area contributed by atoms with Gasteiger partial charge in [-0.05, 0) is 19.5 Å². The lowest BCUT2D eigenvalue weighted by atomic mass is 9.86. The molecule has 0 spiro atoms. The summed E-state index contributed by atoms with van der Waals surface area (Å²) in [7, 11) is 1.80. The van der Waals surface area contributed by atoms with E-state index in [4.69, 9.17) is 4.74 Å². The zero-order chi connectivity index (χ0) is 11.0. The summed E-state index contributed by atoms with van der Waals surface area (Å²) >= 11 is 0. The molecule has 2 heteroatoms. The Hall–Kier alpha value is -0.0800. The number of rotatable bonds is 8. The Bertz CT molecular complexity index is 126. The number of hydrogen-bond donors (Lipinski definition) is 0. The van der Waals surface area contributed by atoms with Crippen molar-refractivity contribution in [1.29, 1.82) is 0 Å². The fraction of sp³-hybridized carbons (Fsp3) is 1.00. The van der Waals surface area contributed by atoms with Gasteiger partial charge in [-0.3, -0.25) is 0 Å². The fourth-order valence-electron chi connectivity index (χ4n) is 2.14. The molecule has 0 saturated carbocycles. The molecule has 0 aromatic rings. The minimum Gasteiger partial charge on any atom is -0.384 e. The number of ether oxygens (including phenoxy) is 1. The standard InChI is InChI=1S/C12H27NO/c1-6-9-12(4,11-14-5)10-13(7-2)8-3/h6-11H2,1-5H3. The Labute approximate surface area is 89.6 Å². The maximum Gasteiger partial charge on any atom is 0.0528 e. The van der Waals surface area contributed by atoms with Gasteiger partial charge in [0.2, 0.25) is 0 Å². The lowest BCUT2D eigenvalue weighted by Crippen LogP contribution is -2.38. The van der Waals surface area contributed by atoms with E-state index in [1.807, 2.05) is 0 Å². The molecule has 0 aliphatic heterocycles. The van der Waals surface area contributed by atoms with Crippen molar-refractivity contribution < 1.29 is 4.74 Å². The molecular weight excluding hydrogens is 174 g/mol. The molecule has 0 fully saturated rings. The Balaban J connectivity index is 4.17. The van der Waals surface area contributed by atoms with Crippen LogP contribution in [0.15, 0.2) is 0 Å². The highest BCUT2D eigenvalue weighted by atomic mass is 16.5. The van der Waals surface area contributed by atoms with Crippen molar-refractivity contribution in [2.24, 2.45) is 5.41 Å². The highest BCUT2D eigenvalue weighted by molar-refractivity contribution is 4.77. The Morgan fingerprint density at radius 1 is 1.14 bits per heavy atom. The van der Waals surface area contributed by atoms with E-state index in [0.29, 0.717) is 5.41 Å². The minimum atomic E-state index is 0.329. The van der Waals surface area contributed by atoms with Crippen LogP contribution >= 0.6 is 0 Å². The molecule has 0 amide bonds. The van der Waals surface area contributed by atoms with E-state index >= 15 is 0 Å². The largest absolute Gasteiger partial charge is 0.384 e. The monoisotopic (exact) mass is 201 g/mol. The zero-order valence-corrected chi connectivity index (χ0v) is 10.6. The van der Waals surface area contributed by atoms with Crippen LogP contribution in [0.3, 0.4) is 0 Å². The van der Waals surface area contributed by atoms with Gasteiger partial charge >= 0.3 is 0 Å². The third-order valence-electron chi connectivity index (χ3n) is 2.85. The second kappa shape index (κ2) is 7.24. The molecule has 0 aliphatic carbocycles. The molecule has 86 valence electrons. The van der Waals surface area contributed by atoms with Crippen LogP contribution in [0.5, 0.6) is 0 Å². The summed E-state index contributed by atoms with van der Waals surface area (Å²) in [4.78, 5) is 2.48. The second-order valence-corrected chi connectivity index (χ2v) is 4.46. The van der Waals surface area contributed by atoms with E-state index in [-0.39, 0.29) is 0 Å². The molecule has 1 unspecified atom stereocenters. The maximum absolute atomic E-state index is 5.32. The van der Waals surface area contributed by atoms with Gasteiger partial charge in [-0.1, -0.05) is 34.1 Å². The van der Waals surface area contributed by atoms with Crippen molar-refractivity contribution in [2.45, 2.75) is 40.5 Å². The highest BCUT2D eigenvalue weighted by Gasteiger charge is 2.25. The van der Waals surface area contributed by atoms with E-state index in [2.05, 4.69) is 32.6 Å². The van der Waals surface area contributed by atoms with Crippen LogP contribution in [-0.4, -0.2) is 38.3 Å². The molecule has 0 aliphatic rings. The van der Waals surface area contributed by atoms with Crippen molar-refractivity contribution in [2.75, 3.05) is 33.4 Å². The normalized spacial score (nSPS) is 15.9. The van der Waals surface area contributed by atoms with E-state index in [9.17, 15) is 0 Å². The van der Waals surface area contributed by atoms with Crippen molar-refractivity contribution in [3.05, 3.63) is 0 Å². The predicted molar refractivity (Wildman–Crippen MR) is 62.7 cm³/mol. The molecule has 0 N–H and O–H groups in total. The molecule has 0 heterocycles. The number of methoxy groups -OCH3 is 1. The summed E-state index contributed by atoms with van der Waals surface area (Å²) in [6.07, 6.45) is 2.48. The van der Waals surface area contributed by atoms with Crippen LogP contribution in [-0.2, 0) is 4.74 Å². The average Bonchev–Trinajstić information content (AvgIpc) is 2.15. The van der Waals surface area contributed by atoms with Gasteiger partial charge in [-0.25, -0.2) is 0 Å². The first-order chi connectivity index (χ1) is 6.61. The van der Waals surface area contributed by atoms with E-state index < -0.39 is 0 Å². The molecule has 0 saturated heterocycles. The minimum absolute atomic E-state index is 0.329. The van der Waals surface area contributed by atoms with Crippen LogP contribution in [0.4, 0.5) is 0 Å². The first-order valence-corrected chi connectivity index (χ1v) is 5.83. The Morgan fingerprint density at radius 3 is 2.07 bits per heavy atom. The average molecular weight is 201 g/mol. The molecule has 1 atom stereocenters. The van der Waals surface area contributed by atoms with Crippen LogP contribution in [0.2, 0.25) is 0 Å². The second-order valence-electron chi connectivity index (χ2n) is 4.46. The molecule has 14 heavy (non-hydrogen) atoms. The lowest BCUT2D eigenvalue weighted by Gasteiger charge is -2.34. The zero-order valence-electron chi connectivity index (χ0n) is 10.6. The quantitative estimate of drug-likeness (QED) is 0.599. The summed E-state index contributed by atoms with van der Waals surface area (Å²) in [6.45, 7) is 13.3. The third-order valence-corrected chi connectivity index (χ3v) is 2.85. The first-order valence-electron chi connectivity index (χ1n) is 5.83. The van der Waals surface area contributed by atoms with Crippen molar-refractivity contribution in [3.8, 4) is 0 Å². The Morgan fingerprint density at radius 2 is 1.71 bits per heavy atom. The number of nitrogens with zero attached hydrogens (tertiary/aromatic N) is 1. The molecule has 2 nitrogen and oxygen atoms in total. The van der Waals surface area contributed by atoms with Crippen molar-refractivity contribution in [3.63, 3.8) is 0 Å². The van der Waals surface area contributed by atoms with Gasteiger partial charge < -0.3 is 9.64 Å². The van der Waals surface area contributed by atoms with Gasteiger partial charge in [-0.15, -0.1) is 0 Å². The van der Waals surface area contributed by atoms with Gasteiger partial charge in [0.1, 0.15) is 0 Å². The summed E-state index contributed by atoms with van der Waals surface area (Å²) in [5, 5.41) is 0. The maximum atomic E-state index is 5.32. The van der Waals surface area contributed by atoms with E-state index in [1.54, 1.807) is 7.11 Å². The smallest absolute Gasteiger partial charge is 0.0528 e. The van der Waals surface area contributed by atoms with Crippen LogP contribution in [0.1, 0.15) is 40.5 Å². The van der Waals surface area contributed by atoms with Gasteiger partial charge in [-0.2, -0.15) is 0 Å². The van der Waals surface area contributed by atoms with Gasteiger partial charge in [0.25, 0.3) is 0 Å². The van der Waals surface area contributed by atoms with Gasteiger partial charge in [0, 0.05) is 19.1 Å². The first kappa shape index (κ1) is 13.9. The highest BCUT2D eigenvalue weighted by Crippen LogP contribution is 2.24. The summed E-state index contributed by atoms with van der Waals surface area (Å²) in [5.74, 6) is 0. The van der Waals surface area contributed by atoms with Crippen LogP contribution in [0, 0.1) is 5.41 Å². The van der Waals surface area contributed by atoms with E-state index in [1.165, 1.54) is 12.8 Å². The Kier molecular flexibility index (Phi) is 7.20.